The Morgan fingerprint density at radius 1 is 1.23 bits per heavy atom. The molecular formula is C18H18ClN5O2. The molecule has 7 nitrogen and oxygen atoms in total. The van der Waals surface area contributed by atoms with Crippen molar-refractivity contribution in [2.75, 3.05) is 18.9 Å². The second-order valence-electron chi connectivity index (χ2n) is 6.09. The summed E-state index contributed by atoms with van der Waals surface area (Å²) in [6.07, 6.45) is 0. The van der Waals surface area contributed by atoms with E-state index >= 15 is 0 Å². The van der Waals surface area contributed by atoms with Crippen LogP contribution in [-0.2, 0) is 11.8 Å². The molecule has 2 aromatic carbocycles. The Morgan fingerprint density at radius 3 is 2.73 bits per heavy atom. The van der Waals surface area contributed by atoms with E-state index in [9.17, 15) is 9.59 Å². The van der Waals surface area contributed by atoms with Crippen molar-refractivity contribution in [3.05, 3.63) is 52.5 Å². The summed E-state index contributed by atoms with van der Waals surface area (Å²) in [5, 5.41) is 11.2. The molecular weight excluding hydrogens is 354 g/mol. The number of nitrogens with zero attached hydrogens (tertiary/aromatic N) is 4. The van der Waals surface area contributed by atoms with E-state index in [1.165, 1.54) is 4.90 Å². The average molecular weight is 372 g/mol. The van der Waals surface area contributed by atoms with Crippen LogP contribution in [0.5, 0.6) is 0 Å². The van der Waals surface area contributed by atoms with Gasteiger partial charge in [0.2, 0.25) is 5.91 Å². The highest BCUT2D eigenvalue weighted by Gasteiger charge is 2.16. The van der Waals surface area contributed by atoms with Gasteiger partial charge in [0, 0.05) is 30.4 Å². The lowest BCUT2D eigenvalue weighted by Crippen LogP contribution is -2.34. The number of fused-ring (bicyclic) bond motifs is 1. The average Bonchev–Trinajstić information content (AvgIpc) is 2.98. The van der Waals surface area contributed by atoms with E-state index in [0.717, 1.165) is 11.1 Å². The summed E-state index contributed by atoms with van der Waals surface area (Å²) in [4.78, 5) is 26.1. The minimum atomic E-state index is -0.304. The molecule has 0 atom stereocenters. The summed E-state index contributed by atoms with van der Waals surface area (Å²) >= 11 is 6.05. The zero-order valence-electron chi connectivity index (χ0n) is 14.7. The number of rotatable bonds is 4. The third-order valence-corrected chi connectivity index (χ3v) is 4.45. The minimum Gasteiger partial charge on any atom is -0.332 e. The SMILES string of the molecule is Cc1ccc(NC(=O)CN(C)C(=O)c2ccc3c(c2)nnn3C)cc1Cl. The van der Waals surface area contributed by atoms with E-state index in [1.807, 2.05) is 13.0 Å². The third kappa shape index (κ3) is 3.67. The Bertz CT molecular complexity index is 998. The van der Waals surface area contributed by atoms with Crippen LogP contribution >= 0.6 is 11.6 Å². The number of carbonyl (C=O) groups is 2. The Hall–Kier alpha value is -2.93. The topological polar surface area (TPSA) is 80.1 Å². The molecule has 0 aliphatic heterocycles. The predicted octanol–water partition coefficient (Wildman–Crippen LogP) is 2.64. The maximum atomic E-state index is 12.6. The van der Waals surface area contributed by atoms with Gasteiger partial charge < -0.3 is 10.2 Å². The number of halogens is 1. The second kappa shape index (κ2) is 7.13. The fourth-order valence-electron chi connectivity index (χ4n) is 2.55. The molecule has 0 fully saturated rings. The van der Waals surface area contributed by atoms with Crippen LogP contribution in [0.1, 0.15) is 15.9 Å². The number of aryl methyl sites for hydroxylation is 2. The van der Waals surface area contributed by atoms with Gasteiger partial charge in [-0.25, -0.2) is 4.68 Å². The van der Waals surface area contributed by atoms with Gasteiger partial charge in [-0.05, 0) is 42.8 Å². The Labute approximate surface area is 155 Å². The van der Waals surface area contributed by atoms with Crippen molar-refractivity contribution in [3.63, 3.8) is 0 Å². The van der Waals surface area contributed by atoms with Gasteiger partial charge in [0.25, 0.3) is 5.91 Å². The van der Waals surface area contributed by atoms with Gasteiger partial charge in [-0.3, -0.25) is 9.59 Å². The first-order chi connectivity index (χ1) is 12.3. The van der Waals surface area contributed by atoms with Crippen LogP contribution in [0.4, 0.5) is 5.69 Å². The molecule has 3 aromatic rings. The summed E-state index contributed by atoms with van der Waals surface area (Å²) in [5.41, 5.74) is 3.43. The van der Waals surface area contributed by atoms with Crippen molar-refractivity contribution in [3.8, 4) is 0 Å². The fourth-order valence-corrected chi connectivity index (χ4v) is 2.73. The molecule has 2 amide bonds. The fraction of sp³-hybridized carbons (Fsp3) is 0.222. The van der Waals surface area contributed by atoms with E-state index in [2.05, 4.69) is 15.6 Å². The van der Waals surface area contributed by atoms with Crippen molar-refractivity contribution < 1.29 is 9.59 Å². The lowest BCUT2D eigenvalue weighted by molar-refractivity contribution is -0.116. The molecule has 0 unspecified atom stereocenters. The van der Waals surface area contributed by atoms with E-state index in [-0.39, 0.29) is 18.4 Å². The van der Waals surface area contributed by atoms with Crippen molar-refractivity contribution in [1.29, 1.82) is 0 Å². The van der Waals surface area contributed by atoms with Gasteiger partial charge in [-0.15, -0.1) is 5.10 Å². The molecule has 0 aliphatic carbocycles. The van der Waals surface area contributed by atoms with Crippen LogP contribution in [-0.4, -0.2) is 45.3 Å². The van der Waals surface area contributed by atoms with Crippen LogP contribution in [0, 0.1) is 6.92 Å². The molecule has 0 saturated heterocycles. The van der Waals surface area contributed by atoms with E-state index in [1.54, 1.807) is 49.1 Å². The number of benzene rings is 2. The van der Waals surface area contributed by atoms with Crippen LogP contribution in [0.15, 0.2) is 36.4 Å². The number of amides is 2. The van der Waals surface area contributed by atoms with Crippen molar-refractivity contribution in [2.45, 2.75) is 6.92 Å². The molecule has 26 heavy (non-hydrogen) atoms. The highest BCUT2D eigenvalue weighted by atomic mass is 35.5. The molecule has 134 valence electrons. The van der Waals surface area contributed by atoms with Crippen molar-refractivity contribution in [2.24, 2.45) is 7.05 Å². The van der Waals surface area contributed by atoms with Gasteiger partial charge in [-0.1, -0.05) is 22.9 Å². The zero-order valence-corrected chi connectivity index (χ0v) is 15.4. The number of aromatic nitrogens is 3. The zero-order chi connectivity index (χ0) is 18.8. The lowest BCUT2D eigenvalue weighted by atomic mass is 10.1. The van der Waals surface area contributed by atoms with E-state index in [4.69, 9.17) is 11.6 Å². The maximum Gasteiger partial charge on any atom is 0.254 e. The van der Waals surface area contributed by atoms with Crippen LogP contribution in [0.25, 0.3) is 11.0 Å². The number of nitrogens with one attached hydrogen (secondary N) is 1. The largest absolute Gasteiger partial charge is 0.332 e. The molecule has 0 saturated carbocycles. The highest BCUT2D eigenvalue weighted by molar-refractivity contribution is 6.31. The van der Waals surface area contributed by atoms with Gasteiger partial charge in [0.15, 0.2) is 0 Å². The normalized spacial score (nSPS) is 10.8. The first-order valence-electron chi connectivity index (χ1n) is 7.96. The van der Waals surface area contributed by atoms with E-state index in [0.29, 0.717) is 21.8 Å². The number of anilines is 1. The molecule has 1 aromatic heterocycles. The molecule has 0 aliphatic rings. The molecule has 1 N–H and O–H groups in total. The number of carbonyl (C=O) groups excluding carboxylic acids is 2. The summed E-state index contributed by atoms with van der Waals surface area (Å²) in [5.74, 6) is -0.573. The molecule has 0 spiro atoms. The van der Waals surface area contributed by atoms with Gasteiger partial charge in [-0.2, -0.15) is 0 Å². The minimum absolute atomic E-state index is 0.0805. The quantitative estimate of drug-likeness (QED) is 0.764. The van der Waals surface area contributed by atoms with Gasteiger partial charge in [0.05, 0.1) is 12.1 Å². The lowest BCUT2D eigenvalue weighted by Gasteiger charge is -2.17. The smallest absolute Gasteiger partial charge is 0.254 e. The summed E-state index contributed by atoms with van der Waals surface area (Å²) in [7, 11) is 3.36. The first kappa shape index (κ1) is 17.9. The molecule has 8 heteroatoms. The van der Waals surface area contributed by atoms with Crippen LogP contribution < -0.4 is 5.32 Å². The molecule has 0 radical (unpaired) electrons. The number of hydrogen-bond donors (Lipinski definition) is 1. The first-order valence-corrected chi connectivity index (χ1v) is 8.34. The summed E-state index contributed by atoms with van der Waals surface area (Å²) in [6.45, 7) is 1.80. The Balaban J connectivity index is 1.67. The van der Waals surface area contributed by atoms with Crippen LogP contribution in [0.2, 0.25) is 5.02 Å². The number of likely N-dealkylation sites (N-methyl/N-ethyl adjacent to an activating group) is 1. The van der Waals surface area contributed by atoms with Crippen molar-refractivity contribution >= 4 is 40.1 Å². The number of hydrogen-bond acceptors (Lipinski definition) is 4. The highest BCUT2D eigenvalue weighted by Crippen LogP contribution is 2.20. The molecule has 0 bridgehead atoms. The maximum absolute atomic E-state index is 12.6. The van der Waals surface area contributed by atoms with Gasteiger partial charge in [0.1, 0.15) is 5.52 Å². The Morgan fingerprint density at radius 2 is 2.00 bits per heavy atom. The van der Waals surface area contributed by atoms with Gasteiger partial charge >= 0.3 is 0 Å². The second-order valence-corrected chi connectivity index (χ2v) is 6.50. The van der Waals surface area contributed by atoms with Crippen LogP contribution in [0.3, 0.4) is 0 Å². The molecule has 3 rings (SSSR count). The summed E-state index contributed by atoms with van der Waals surface area (Å²) < 4.78 is 1.63. The standard InChI is InChI=1S/C18H18ClN5O2/c1-11-4-6-13(9-14(11)19)20-17(25)10-23(2)18(26)12-5-7-16-15(8-12)21-22-24(16)3/h4-9H,10H2,1-3H3,(H,20,25). The summed E-state index contributed by atoms with van der Waals surface area (Å²) in [6, 6.07) is 10.4. The van der Waals surface area contributed by atoms with Crippen molar-refractivity contribution in [1.82, 2.24) is 19.9 Å². The monoisotopic (exact) mass is 371 g/mol. The predicted molar refractivity (Wildman–Crippen MR) is 100 cm³/mol. The molecule has 1 heterocycles. The van der Waals surface area contributed by atoms with E-state index < -0.39 is 0 Å². The third-order valence-electron chi connectivity index (χ3n) is 4.04. The Kier molecular flexibility index (Phi) is 4.90.